The number of amides is 2. The van der Waals surface area contributed by atoms with Crippen LogP contribution in [0.1, 0.15) is 83.1 Å². The second-order valence-electron chi connectivity index (χ2n) is 13.4. The second kappa shape index (κ2) is 10.1. The van der Waals surface area contributed by atoms with Gasteiger partial charge in [-0.05, 0) is 104 Å². The molecule has 208 valence electrons. The first-order valence-corrected chi connectivity index (χ1v) is 15.0. The Kier molecular flexibility index (Phi) is 6.96. The summed E-state index contributed by atoms with van der Waals surface area (Å²) in [4.78, 5) is 26.4. The van der Waals surface area contributed by atoms with Gasteiger partial charge in [-0.2, -0.15) is 0 Å². The zero-order valence-corrected chi connectivity index (χ0v) is 23.1. The Morgan fingerprint density at radius 3 is 2.79 bits per heavy atom. The third-order valence-electron chi connectivity index (χ3n) is 11.5. The predicted octanol–water partition coefficient (Wildman–Crippen LogP) is 4.42. The minimum absolute atomic E-state index is 0.0423. The van der Waals surface area contributed by atoms with E-state index < -0.39 is 0 Å². The van der Waals surface area contributed by atoms with Crippen molar-refractivity contribution in [3.05, 3.63) is 46.0 Å². The molecule has 8 atom stereocenters. The van der Waals surface area contributed by atoms with E-state index in [-0.39, 0.29) is 29.2 Å². The van der Waals surface area contributed by atoms with Gasteiger partial charge in [-0.1, -0.05) is 25.5 Å². The fourth-order valence-electron chi connectivity index (χ4n) is 9.37. The highest BCUT2D eigenvalue weighted by atomic mass is 16.4. The van der Waals surface area contributed by atoms with Crippen LogP contribution in [0.5, 0.6) is 0 Å². The largest absolute Gasteiger partial charge is 0.431 e. The van der Waals surface area contributed by atoms with Crippen LogP contribution in [0.15, 0.2) is 39.3 Å². The van der Waals surface area contributed by atoms with Crippen molar-refractivity contribution >= 4 is 6.03 Å². The molecule has 1 saturated heterocycles. The van der Waals surface area contributed by atoms with Crippen molar-refractivity contribution in [3.8, 4) is 0 Å². The standard InChI is InChI=1S/C31H45N3O4/c1-30-12-9-22(33-29(37)32-14-16-34-15-11-23(35)18-34)17-21(30)4-5-24-26-7-6-25(20-3-8-28(36)38-19-20)31(26,2)13-10-27(24)30/h3,7-8,19,21-25,27,35H,4-6,9-18H2,1-2H3,(H2,32,33,37)/t21-,22+,23-,24+,25-,27+,30+,31-/m1/s1. The number of aliphatic hydroxyl groups is 1. The van der Waals surface area contributed by atoms with Gasteiger partial charge >= 0.3 is 11.7 Å². The summed E-state index contributed by atoms with van der Waals surface area (Å²) in [6, 6.07) is 3.76. The smallest absolute Gasteiger partial charge is 0.335 e. The molecule has 6 rings (SSSR count). The van der Waals surface area contributed by atoms with E-state index in [4.69, 9.17) is 4.42 Å². The van der Waals surface area contributed by atoms with Gasteiger partial charge in [0.15, 0.2) is 0 Å². The summed E-state index contributed by atoms with van der Waals surface area (Å²) in [7, 11) is 0. The summed E-state index contributed by atoms with van der Waals surface area (Å²) in [5, 5.41) is 16.0. The van der Waals surface area contributed by atoms with Crippen LogP contribution in [-0.4, -0.2) is 54.4 Å². The van der Waals surface area contributed by atoms with Crippen molar-refractivity contribution in [1.29, 1.82) is 0 Å². The van der Waals surface area contributed by atoms with Gasteiger partial charge in [0, 0.05) is 38.3 Å². The van der Waals surface area contributed by atoms with Gasteiger partial charge in [-0.25, -0.2) is 9.59 Å². The lowest BCUT2D eigenvalue weighted by Crippen LogP contribution is -2.54. The molecule has 1 aromatic rings. The van der Waals surface area contributed by atoms with Crippen molar-refractivity contribution in [2.45, 2.75) is 89.7 Å². The highest BCUT2D eigenvalue weighted by Gasteiger charge is 2.57. The van der Waals surface area contributed by atoms with Gasteiger partial charge in [-0.15, -0.1) is 0 Å². The molecule has 0 spiro atoms. The van der Waals surface area contributed by atoms with Crippen molar-refractivity contribution in [3.63, 3.8) is 0 Å². The van der Waals surface area contributed by atoms with Crippen LogP contribution in [0.4, 0.5) is 4.79 Å². The van der Waals surface area contributed by atoms with Crippen LogP contribution in [0.25, 0.3) is 0 Å². The zero-order chi connectivity index (χ0) is 26.5. The summed E-state index contributed by atoms with van der Waals surface area (Å²) in [5.74, 6) is 2.45. The molecule has 1 aromatic heterocycles. The molecule has 0 aromatic carbocycles. The third kappa shape index (κ3) is 4.64. The zero-order valence-electron chi connectivity index (χ0n) is 23.1. The lowest BCUT2D eigenvalue weighted by Gasteiger charge is -2.60. The molecule has 38 heavy (non-hydrogen) atoms. The summed E-state index contributed by atoms with van der Waals surface area (Å²) >= 11 is 0. The number of urea groups is 1. The number of carbonyl (C=O) groups is 1. The minimum atomic E-state index is -0.273. The maximum atomic E-state index is 12.6. The first kappa shape index (κ1) is 26.1. The maximum Gasteiger partial charge on any atom is 0.335 e. The normalized spacial score (nSPS) is 40.6. The van der Waals surface area contributed by atoms with E-state index in [2.05, 4.69) is 35.5 Å². The highest BCUT2D eigenvalue weighted by Crippen LogP contribution is 2.67. The SMILES string of the molecule is C[C@]12CC[C@H](NC(=O)NCCN3CC[C@@H](O)C3)C[C@H]1CC[C@H]1C3=CC[C@H](c4ccc(=O)oc4)[C@@]3(C)CC[C@@H]12. The summed E-state index contributed by atoms with van der Waals surface area (Å²) in [5.41, 5.74) is 3.07. The summed E-state index contributed by atoms with van der Waals surface area (Å²) in [6.45, 7) is 8.06. The quantitative estimate of drug-likeness (QED) is 0.497. The molecule has 3 saturated carbocycles. The van der Waals surface area contributed by atoms with Crippen molar-refractivity contribution < 1.29 is 14.3 Å². The van der Waals surface area contributed by atoms with E-state index in [0.717, 1.165) is 51.2 Å². The molecular formula is C31H45N3O4. The maximum absolute atomic E-state index is 12.6. The Morgan fingerprint density at radius 1 is 1.16 bits per heavy atom. The molecule has 2 amide bonds. The first-order chi connectivity index (χ1) is 18.3. The molecule has 5 aliphatic rings. The van der Waals surface area contributed by atoms with Gasteiger partial charge in [0.05, 0.1) is 12.4 Å². The Balaban J connectivity index is 1.05. The van der Waals surface area contributed by atoms with Crippen LogP contribution in [0.3, 0.4) is 0 Å². The van der Waals surface area contributed by atoms with Crippen LogP contribution >= 0.6 is 0 Å². The fraction of sp³-hybridized carbons (Fsp3) is 0.742. The molecular weight excluding hydrogens is 478 g/mol. The molecule has 2 heterocycles. The Labute approximate surface area is 226 Å². The van der Waals surface area contributed by atoms with Gasteiger partial charge in [0.25, 0.3) is 0 Å². The number of β-amino-alcohol motifs (C(OH)–C–C–N with tert-alkyl or cyclic N) is 1. The predicted molar refractivity (Wildman–Crippen MR) is 147 cm³/mol. The number of nitrogens with zero attached hydrogens (tertiary/aromatic N) is 1. The number of carbonyl (C=O) groups excluding carboxylic acids is 1. The van der Waals surface area contributed by atoms with Crippen LogP contribution in [0, 0.1) is 28.6 Å². The number of hydrogen-bond donors (Lipinski definition) is 3. The number of likely N-dealkylation sites (tertiary alicyclic amines) is 1. The lowest BCUT2D eigenvalue weighted by atomic mass is 9.45. The van der Waals surface area contributed by atoms with Crippen LogP contribution in [-0.2, 0) is 0 Å². The molecule has 7 heteroatoms. The minimum Gasteiger partial charge on any atom is -0.431 e. The van der Waals surface area contributed by atoms with Crippen molar-refractivity contribution in [2.24, 2.45) is 28.6 Å². The number of hydrogen-bond acceptors (Lipinski definition) is 5. The van der Waals surface area contributed by atoms with Crippen molar-refractivity contribution in [2.75, 3.05) is 26.2 Å². The van der Waals surface area contributed by atoms with E-state index in [9.17, 15) is 14.7 Å². The molecule has 4 fully saturated rings. The average Bonchev–Trinajstić information content (AvgIpc) is 3.47. The Hall–Kier alpha value is -2.12. The number of aliphatic hydroxyl groups excluding tert-OH is 1. The topological polar surface area (TPSA) is 94.8 Å². The number of rotatable bonds is 5. The first-order valence-electron chi connectivity index (χ1n) is 15.0. The van der Waals surface area contributed by atoms with E-state index in [1.54, 1.807) is 17.9 Å². The Morgan fingerprint density at radius 2 is 2.03 bits per heavy atom. The van der Waals surface area contributed by atoms with E-state index in [0.29, 0.717) is 29.7 Å². The molecule has 0 radical (unpaired) electrons. The molecule has 0 unspecified atom stereocenters. The molecule has 4 aliphatic carbocycles. The average molecular weight is 524 g/mol. The Bertz CT molecular complexity index is 1110. The van der Waals surface area contributed by atoms with Gasteiger partial charge in [0.1, 0.15) is 0 Å². The molecule has 3 N–H and O–H groups in total. The molecule has 1 aliphatic heterocycles. The molecule has 7 nitrogen and oxygen atoms in total. The lowest BCUT2D eigenvalue weighted by molar-refractivity contribution is -0.0585. The summed E-state index contributed by atoms with van der Waals surface area (Å²) < 4.78 is 5.25. The highest BCUT2D eigenvalue weighted by molar-refractivity contribution is 5.74. The van der Waals surface area contributed by atoms with Crippen molar-refractivity contribution in [1.82, 2.24) is 15.5 Å². The fourth-order valence-corrected chi connectivity index (χ4v) is 9.37. The van der Waals surface area contributed by atoms with Crippen LogP contribution < -0.4 is 16.3 Å². The van der Waals surface area contributed by atoms with E-state index in [1.165, 1.54) is 37.7 Å². The van der Waals surface area contributed by atoms with Crippen LogP contribution in [0.2, 0.25) is 0 Å². The van der Waals surface area contributed by atoms with Gasteiger partial charge < -0.3 is 20.2 Å². The summed E-state index contributed by atoms with van der Waals surface area (Å²) in [6.07, 6.45) is 14.2. The molecule has 0 bridgehead atoms. The number of fused-ring (bicyclic) bond motifs is 5. The van der Waals surface area contributed by atoms with E-state index in [1.807, 2.05) is 6.07 Å². The van der Waals surface area contributed by atoms with Gasteiger partial charge in [0.2, 0.25) is 0 Å². The number of nitrogens with one attached hydrogen (secondary N) is 2. The second-order valence-corrected chi connectivity index (χ2v) is 13.4. The van der Waals surface area contributed by atoms with E-state index >= 15 is 0 Å². The third-order valence-corrected chi connectivity index (χ3v) is 11.5. The van der Waals surface area contributed by atoms with Gasteiger partial charge in [-0.3, -0.25) is 4.90 Å². The number of allylic oxidation sites excluding steroid dienone is 2. The monoisotopic (exact) mass is 523 g/mol.